The topological polar surface area (TPSA) is 35.6 Å². The Morgan fingerprint density at radius 2 is 1.23 bits per heavy atom. The summed E-state index contributed by atoms with van der Waals surface area (Å²) in [6.45, 7) is 4.72. The Bertz CT molecular complexity index is 3080. The second-order valence-corrected chi connectivity index (χ2v) is 14.7. The first-order chi connectivity index (χ1) is 26.0. The third-order valence-corrected chi connectivity index (χ3v) is 11.3. The summed E-state index contributed by atoms with van der Waals surface area (Å²) in [6, 6.07) is 58.8. The van der Waals surface area contributed by atoms with E-state index in [-0.39, 0.29) is 5.41 Å². The number of aromatic nitrogens is 4. The zero-order valence-electron chi connectivity index (χ0n) is 29.5. The summed E-state index contributed by atoms with van der Waals surface area (Å²) in [5, 5.41) is 5.78. The van der Waals surface area contributed by atoms with Gasteiger partial charge in [-0.2, -0.15) is 0 Å². The minimum absolute atomic E-state index is 0.230. The fourth-order valence-corrected chi connectivity index (χ4v) is 8.83. The lowest BCUT2D eigenvalue weighted by atomic mass is 9.81. The molecule has 7 aromatic carbocycles. The van der Waals surface area contributed by atoms with Crippen molar-refractivity contribution >= 4 is 43.5 Å². The molecule has 1 aliphatic rings. The van der Waals surface area contributed by atoms with Crippen LogP contribution >= 0.6 is 0 Å². The fourth-order valence-electron chi connectivity index (χ4n) is 8.83. The third kappa shape index (κ3) is 4.36. The minimum Gasteiger partial charge on any atom is -0.317 e. The first-order valence-corrected chi connectivity index (χ1v) is 18.3. The molecule has 0 fully saturated rings. The van der Waals surface area contributed by atoms with Gasteiger partial charge in [0.2, 0.25) is 5.95 Å². The maximum atomic E-state index is 5.48. The lowest BCUT2D eigenvalue weighted by Crippen LogP contribution is -2.14. The number of fused-ring (bicyclic) bond motifs is 9. The van der Waals surface area contributed by atoms with Crippen molar-refractivity contribution in [2.24, 2.45) is 0 Å². The van der Waals surface area contributed by atoms with Crippen LogP contribution in [0.2, 0.25) is 0 Å². The highest BCUT2D eigenvalue weighted by Crippen LogP contribution is 2.54. The molecule has 0 saturated carbocycles. The molecule has 3 heterocycles. The lowest BCUT2D eigenvalue weighted by Gasteiger charge is -2.21. The molecule has 0 bridgehead atoms. The number of hydrogen-bond donors (Lipinski definition) is 0. The Hall–Kier alpha value is -6.78. The van der Waals surface area contributed by atoms with Gasteiger partial charge in [0, 0.05) is 44.6 Å². The number of hydrogen-bond acceptors (Lipinski definition) is 2. The zero-order chi connectivity index (χ0) is 35.3. The van der Waals surface area contributed by atoms with Crippen LogP contribution in [0.5, 0.6) is 0 Å². The van der Waals surface area contributed by atoms with E-state index in [4.69, 9.17) is 9.97 Å². The maximum Gasteiger partial charge on any atom is 0.235 e. The lowest BCUT2D eigenvalue weighted by molar-refractivity contribution is 0.666. The summed E-state index contributed by atoms with van der Waals surface area (Å²) >= 11 is 0. The summed E-state index contributed by atoms with van der Waals surface area (Å²) in [5.41, 5.74) is 13.6. The zero-order valence-corrected chi connectivity index (χ0v) is 29.5. The van der Waals surface area contributed by atoms with Crippen molar-refractivity contribution in [3.05, 3.63) is 181 Å². The monoisotopic (exact) mass is 678 g/mol. The molecule has 0 radical (unpaired) electrons. The number of nitrogens with zero attached hydrogens (tertiary/aromatic N) is 4. The second-order valence-electron chi connectivity index (χ2n) is 14.7. The van der Waals surface area contributed by atoms with Crippen molar-refractivity contribution < 1.29 is 0 Å². The number of benzene rings is 7. The molecule has 0 amide bonds. The Morgan fingerprint density at radius 3 is 2.09 bits per heavy atom. The van der Waals surface area contributed by atoms with E-state index in [1.807, 2.05) is 0 Å². The average Bonchev–Trinajstić information content (AvgIpc) is 3.87. The molecule has 0 unspecified atom stereocenters. The van der Waals surface area contributed by atoms with Gasteiger partial charge in [-0.25, -0.2) is 9.97 Å². The van der Waals surface area contributed by atoms with Crippen LogP contribution < -0.4 is 0 Å². The molecule has 0 saturated heterocycles. The fraction of sp³-hybridized carbons (Fsp3) is 0.0612. The van der Waals surface area contributed by atoms with Crippen molar-refractivity contribution in [2.45, 2.75) is 19.3 Å². The van der Waals surface area contributed by atoms with Crippen molar-refractivity contribution in [2.75, 3.05) is 0 Å². The third-order valence-electron chi connectivity index (χ3n) is 11.3. The van der Waals surface area contributed by atoms with E-state index in [1.165, 1.54) is 49.8 Å². The second kappa shape index (κ2) is 11.1. The Labute approximate surface area is 307 Å². The molecular weight excluding hydrogens is 645 g/mol. The summed E-state index contributed by atoms with van der Waals surface area (Å²) in [5.74, 6) is 0.682. The molecule has 3 aromatic heterocycles. The van der Waals surface area contributed by atoms with Gasteiger partial charge in [0.1, 0.15) is 0 Å². The van der Waals surface area contributed by atoms with E-state index < -0.39 is 0 Å². The van der Waals surface area contributed by atoms with Gasteiger partial charge in [-0.3, -0.25) is 4.57 Å². The Kier molecular flexibility index (Phi) is 6.27. The van der Waals surface area contributed by atoms with Crippen LogP contribution in [0.15, 0.2) is 170 Å². The highest BCUT2D eigenvalue weighted by molar-refractivity contribution is 6.10. The molecule has 11 rings (SSSR count). The molecular formula is C49H34N4. The van der Waals surface area contributed by atoms with E-state index in [1.54, 1.807) is 0 Å². The van der Waals surface area contributed by atoms with Crippen LogP contribution in [0.25, 0.3) is 88.8 Å². The molecule has 0 aliphatic heterocycles. The molecule has 1 aliphatic carbocycles. The van der Waals surface area contributed by atoms with E-state index >= 15 is 0 Å². The standard InChI is InChI=1S/C49H34N4/c1-49(2)41-20-12-11-19-38(41)47-44(49)40-29-34(35-22-21-32-27-28-52(43(32)30-35)36-16-7-4-8-17-36)24-26-42(40)53(47)48-50-45(33-14-5-3-6-15-33)39-25-23-31-13-9-10-18-37(31)46(39)51-48/h3-30H,1-2H3. The number of para-hydroxylation sites is 1. The van der Waals surface area contributed by atoms with Gasteiger partial charge < -0.3 is 4.57 Å². The summed E-state index contributed by atoms with van der Waals surface area (Å²) in [6.07, 6.45) is 2.16. The Morgan fingerprint density at radius 1 is 0.509 bits per heavy atom. The van der Waals surface area contributed by atoms with Crippen molar-refractivity contribution in [3.63, 3.8) is 0 Å². The molecule has 4 heteroatoms. The van der Waals surface area contributed by atoms with E-state index in [2.05, 4.69) is 193 Å². The molecule has 4 nitrogen and oxygen atoms in total. The van der Waals surface area contributed by atoms with E-state index in [0.717, 1.165) is 44.1 Å². The Balaban J connectivity index is 1.20. The van der Waals surface area contributed by atoms with Gasteiger partial charge >= 0.3 is 0 Å². The van der Waals surface area contributed by atoms with Crippen LogP contribution in [0.3, 0.4) is 0 Å². The van der Waals surface area contributed by atoms with Crippen molar-refractivity contribution in [1.82, 2.24) is 19.1 Å². The van der Waals surface area contributed by atoms with Gasteiger partial charge in [-0.15, -0.1) is 0 Å². The predicted octanol–water partition coefficient (Wildman–Crippen LogP) is 12.3. The van der Waals surface area contributed by atoms with Crippen LogP contribution in [-0.2, 0) is 5.41 Å². The molecule has 10 aromatic rings. The largest absolute Gasteiger partial charge is 0.317 e. The summed E-state index contributed by atoms with van der Waals surface area (Å²) < 4.78 is 4.61. The number of rotatable bonds is 4. The average molecular weight is 679 g/mol. The smallest absolute Gasteiger partial charge is 0.235 e. The van der Waals surface area contributed by atoms with Gasteiger partial charge in [0.15, 0.2) is 0 Å². The van der Waals surface area contributed by atoms with Gasteiger partial charge in [-0.1, -0.05) is 135 Å². The highest BCUT2D eigenvalue weighted by atomic mass is 15.2. The van der Waals surface area contributed by atoms with Gasteiger partial charge in [0.25, 0.3) is 0 Å². The maximum absolute atomic E-state index is 5.48. The predicted molar refractivity (Wildman–Crippen MR) is 219 cm³/mol. The quantitative estimate of drug-likeness (QED) is 0.174. The molecule has 250 valence electrons. The van der Waals surface area contributed by atoms with E-state index in [9.17, 15) is 0 Å². The van der Waals surface area contributed by atoms with Crippen molar-refractivity contribution in [3.8, 4) is 45.3 Å². The minimum atomic E-state index is -0.230. The van der Waals surface area contributed by atoms with Crippen LogP contribution in [-0.4, -0.2) is 19.1 Å². The van der Waals surface area contributed by atoms with E-state index in [0.29, 0.717) is 5.95 Å². The highest BCUT2D eigenvalue weighted by Gasteiger charge is 2.41. The summed E-state index contributed by atoms with van der Waals surface area (Å²) in [4.78, 5) is 10.9. The summed E-state index contributed by atoms with van der Waals surface area (Å²) in [7, 11) is 0. The first-order valence-electron chi connectivity index (χ1n) is 18.3. The first kappa shape index (κ1) is 29.9. The van der Waals surface area contributed by atoms with Gasteiger partial charge in [0.05, 0.1) is 27.9 Å². The van der Waals surface area contributed by atoms with Gasteiger partial charge in [-0.05, 0) is 75.5 Å². The van der Waals surface area contributed by atoms with Crippen LogP contribution in [0.4, 0.5) is 0 Å². The molecule has 0 atom stereocenters. The molecule has 0 N–H and O–H groups in total. The van der Waals surface area contributed by atoms with Crippen LogP contribution in [0.1, 0.15) is 25.0 Å². The normalized spacial score (nSPS) is 13.2. The SMILES string of the molecule is CC1(C)c2ccccc2-c2c1c1cc(-c3ccc4ccn(-c5ccccc5)c4c3)ccc1n2-c1nc(-c2ccccc2)c2ccc3ccccc3c2n1. The van der Waals surface area contributed by atoms with Crippen molar-refractivity contribution in [1.29, 1.82) is 0 Å². The molecule has 0 spiro atoms. The van der Waals surface area contributed by atoms with Crippen LogP contribution in [0, 0.1) is 0 Å². The molecule has 53 heavy (non-hydrogen) atoms.